The lowest BCUT2D eigenvalue weighted by Crippen LogP contribution is -2.01. The number of rotatable bonds is 2. The van der Waals surface area contributed by atoms with E-state index in [-0.39, 0.29) is 10.9 Å². The summed E-state index contributed by atoms with van der Waals surface area (Å²) in [6.07, 6.45) is 0. The molecule has 0 aromatic heterocycles. The zero-order valence-electron chi connectivity index (χ0n) is 7.60. The highest BCUT2D eigenvalue weighted by Gasteiger charge is 1.99. The Hall–Kier alpha value is -1.62. The van der Waals surface area contributed by atoms with E-state index in [1.807, 2.05) is 0 Å². The lowest BCUT2D eigenvalue weighted by molar-refractivity contribution is 0.101. The molecule has 1 rings (SSSR count). The SMILES string of the molecule is CC(=O)c1cccc(N=NC(N)=S)c1. The topological polar surface area (TPSA) is 67.8 Å². The van der Waals surface area contributed by atoms with Crippen molar-refractivity contribution in [2.45, 2.75) is 6.92 Å². The number of azo groups is 1. The number of Topliss-reactive ketones (excluding diaryl/α,β-unsaturated/α-hetero) is 1. The zero-order valence-corrected chi connectivity index (χ0v) is 8.41. The van der Waals surface area contributed by atoms with E-state index in [1.165, 1.54) is 6.92 Å². The third kappa shape index (κ3) is 3.02. The first-order chi connectivity index (χ1) is 6.59. The number of benzene rings is 1. The quantitative estimate of drug-likeness (QED) is 0.459. The van der Waals surface area contributed by atoms with E-state index in [2.05, 4.69) is 22.4 Å². The summed E-state index contributed by atoms with van der Waals surface area (Å²) in [4.78, 5) is 11.0. The summed E-state index contributed by atoms with van der Waals surface area (Å²) in [7, 11) is 0. The predicted octanol–water partition coefficient (Wildman–Crippen LogP) is 2.22. The maximum Gasteiger partial charge on any atom is 0.211 e. The highest BCUT2D eigenvalue weighted by atomic mass is 32.1. The summed E-state index contributed by atoms with van der Waals surface area (Å²) in [5.41, 5.74) is 6.29. The Kier molecular flexibility index (Phi) is 3.41. The van der Waals surface area contributed by atoms with Crippen molar-refractivity contribution in [3.05, 3.63) is 29.8 Å². The van der Waals surface area contributed by atoms with Gasteiger partial charge in [-0.25, -0.2) is 0 Å². The number of carbonyl (C=O) groups excluding carboxylic acids is 1. The van der Waals surface area contributed by atoms with Crippen molar-refractivity contribution in [2.24, 2.45) is 16.0 Å². The maximum atomic E-state index is 11.0. The van der Waals surface area contributed by atoms with Crippen molar-refractivity contribution in [3.63, 3.8) is 0 Å². The van der Waals surface area contributed by atoms with E-state index >= 15 is 0 Å². The van der Waals surface area contributed by atoms with Gasteiger partial charge in [-0.1, -0.05) is 12.1 Å². The first-order valence-corrected chi connectivity index (χ1v) is 4.32. The lowest BCUT2D eigenvalue weighted by atomic mass is 10.1. The van der Waals surface area contributed by atoms with Crippen LogP contribution in [-0.2, 0) is 0 Å². The van der Waals surface area contributed by atoms with Gasteiger partial charge in [0.15, 0.2) is 5.78 Å². The van der Waals surface area contributed by atoms with Crippen LogP contribution < -0.4 is 5.73 Å². The summed E-state index contributed by atoms with van der Waals surface area (Å²) in [5, 5.41) is 7.24. The summed E-state index contributed by atoms with van der Waals surface area (Å²) in [6, 6.07) is 6.78. The Morgan fingerprint density at radius 2 is 2.21 bits per heavy atom. The monoisotopic (exact) mass is 207 g/mol. The number of hydrogen-bond donors (Lipinski definition) is 1. The van der Waals surface area contributed by atoms with Crippen molar-refractivity contribution in [3.8, 4) is 0 Å². The fraction of sp³-hybridized carbons (Fsp3) is 0.111. The Bertz CT molecular complexity index is 401. The smallest absolute Gasteiger partial charge is 0.211 e. The van der Waals surface area contributed by atoms with Gasteiger partial charge in [-0.2, -0.15) is 0 Å². The van der Waals surface area contributed by atoms with Crippen LogP contribution in [0.2, 0.25) is 0 Å². The Morgan fingerprint density at radius 3 is 2.79 bits per heavy atom. The van der Waals surface area contributed by atoms with Gasteiger partial charge in [0, 0.05) is 5.56 Å². The van der Waals surface area contributed by atoms with Crippen LogP contribution in [0, 0.1) is 0 Å². The molecule has 0 heterocycles. The molecule has 4 nitrogen and oxygen atoms in total. The number of nitrogens with two attached hydrogens (primary N) is 1. The molecule has 0 saturated carbocycles. The molecule has 0 radical (unpaired) electrons. The van der Waals surface area contributed by atoms with Crippen molar-refractivity contribution in [1.29, 1.82) is 0 Å². The van der Waals surface area contributed by atoms with Crippen LogP contribution in [0.15, 0.2) is 34.5 Å². The van der Waals surface area contributed by atoms with E-state index in [9.17, 15) is 4.79 Å². The maximum absolute atomic E-state index is 11.0. The van der Waals surface area contributed by atoms with Crippen LogP contribution in [0.25, 0.3) is 0 Å². The minimum Gasteiger partial charge on any atom is -0.373 e. The Morgan fingerprint density at radius 1 is 1.50 bits per heavy atom. The van der Waals surface area contributed by atoms with Crippen LogP contribution in [0.1, 0.15) is 17.3 Å². The molecule has 1 aromatic carbocycles. The second-order valence-corrected chi connectivity index (χ2v) is 3.06. The Labute approximate surface area is 86.8 Å². The Balaban J connectivity index is 2.94. The minimum absolute atomic E-state index is 0.0163. The summed E-state index contributed by atoms with van der Waals surface area (Å²) >= 11 is 4.53. The molecule has 1 aromatic rings. The van der Waals surface area contributed by atoms with Crippen molar-refractivity contribution in [2.75, 3.05) is 0 Å². The van der Waals surface area contributed by atoms with E-state index in [0.717, 1.165) is 0 Å². The normalized spacial score (nSPS) is 10.4. The first-order valence-electron chi connectivity index (χ1n) is 3.92. The standard InChI is InChI=1S/C9H9N3OS/c1-6(13)7-3-2-4-8(5-7)11-12-9(10)14/h2-5H,1H3,(H2,10,14). The van der Waals surface area contributed by atoms with Crippen molar-refractivity contribution < 1.29 is 4.79 Å². The molecule has 0 fully saturated rings. The average Bonchev–Trinajstić information content (AvgIpc) is 2.15. The third-order valence-corrected chi connectivity index (χ3v) is 1.60. The molecule has 0 atom stereocenters. The second kappa shape index (κ2) is 4.57. The molecule has 0 aliphatic heterocycles. The number of nitrogens with zero attached hydrogens (tertiary/aromatic N) is 2. The largest absolute Gasteiger partial charge is 0.373 e. The molecule has 14 heavy (non-hydrogen) atoms. The van der Waals surface area contributed by atoms with Crippen LogP contribution in [0.4, 0.5) is 5.69 Å². The van der Waals surface area contributed by atoms with Gasteiger partial charge < -0.3 is 5.73 Å². The van der Waals surface area contributed by atoms with Gasteiger partial charge >= 0.3 is 0 Å². The number of thiocarbonyl (C=S) groups is 1. The summed E-state index contributed by atoms with van der Waals surface area (Å²) in [6.45, 7) is 1.49. The van der Waals surface area contributed by atoms with Gasteiger partial charge in [-0.05, 0) is 31.3 Å². The minimum atomic E-state index is -0.0294. The summed E-state index contributed by atoms with van der Waals surface area (Å²) in [5.74, 6) is -0.0163. The van der Waals surface area contributed by atoms with Crippen LogP contribution in [0.5, 0.6) is 0 Å². The van der Waals surface area contributed by atoms with Crippen LogP contribution in [0.3, 0.4) is 0 Å². The van der Waals surface area contributed by atoms with Gasteiger partial charge in [0.2, 0.25) is 5.11 Å². The molecule has 72 valence electrons. The molecule has 0 unspecified atom stereocenters. The van der Waals surface area contributed by atoms with Gasteiger partial charge in [0.25, 0.3) is 0 Å². The van der Waals surface area contributed by atoms with Crippen LogP contribution >= 0.6 is 12.2 Å². The molecule has 0 saturated heterocycles. The highest BCUT2D eigenvalue weighted by Crippen LogP contribution is 2.14. The zero-order chi connectivity index (χ0) is 10.6. The van der Waals surface area contributed by atoms with E-state index in [1.54, 1.807) is 24.3 Å². The molecular weight excluding hydrogens is 198 g/mol. The highest BCUT2D eigenvalue weighted by molar-refractivity contribution is 7.80. The molecular formula is C9H9N3OS. The molecule has 0 spiro atoms. The van der Waals surface area contributed by atoms with E-state index in [4.69, 9.17) is 5.73 Å². The molecule has 0 aliphatic carbocycles. The van der Waals surface area contributed by atoms with E-state index in [0.29, 0.717) is 11.3 Å². The van der Waals surface area contributed by atoms with Gasteiger partial charge in [-0.3, -0.25) is 4.79 Å². The fourth-order valence-electron chi connectivity index (χ4n) is 0.894. The summed E-state index contributed by atoms with van der Waals surface area (Å²) < 4.78 is 0. The van der Waals surface area contributed by atoms with Gasteiger partial charge in [0.1, 0.15) is 0 Å². The van der Waals surface area contributed by atoms with E-state index < -0.39 is 0 Å². The molecule has 2 N–H and O–H groups in total. The average molecular weight is 207 g/mol. The predicted molar refractivity (Wildman–Crippen MR) is 57.7 cm³/mol. The molecule has 0 aliphatic rings. The molecule has 0 amide bonds. The van der Waals surface area contributed by atoms with Gasteiger partial charge in [-0.15, -0.1) is 10.2 Å². The van der Waals surface area contributed by atoms with Crippen molar-refractivity contribution >= 4 is 28.8 Å². The fourth-order valence-corrected chi connectivity index (χ4v) is 0.935. The molecule has 5 heteroatoms. The molecule has 0 bridgehead atoms. The van der Waals surface area contributed by atoms with Gasteiger partial charge in [0.05, 0.1) is 5.69 Å². The second-order valence-electron chi connectivity index (χ2n) is 2.64. The lowest BCUT2D eigenvalue weighted by Gasteiger charge is -1.95. The van der Waals surface area contributed by atoms with Crippen LogP contribution in [-0.4, -0.2) is 10.9 Å². The first kappa shape index (κ1) is 10.5. The number of ketones is 1. The van der Waals surface area contributed by atoms with Crippen molar-refractivity contribution in [1.82, 2.24) is 0 Å². The number of carbonyl (C=O) groups is 1. The number of hydrogen-bond acceptors (Lipinski definition) is 3. The third-order valence-electron chi connectivity index (χ3n) is 1.52.